The molecule has 0 radical (unpaired) electrons. The quantitative estimate of drug-likeness (QED) is 0.649. The van der Waals surface area contributed by atoms with Gasteiger partial charge in [0.05, 0.1) is 23.0 Å². The number of halogens is 2. The van der Waals surface area contributed by atoms with E-state index in [0.29, 0.717) is 5.88 Å². The first kappa shape index (κ1) is 13.6. The second-order valence-electron chi connectivity index (χ2n) is 4.62. The molecule has 0 saturated carbocycles. The lowest BCUT2D eigenvalue weighted by molar-refractivity contribution is 0.633. The van der Waals surface area contributed by atoms with Gasteiger partial charge in [-0.15, -0.1) is 11.6 Å². The van der Waals surface area contributed by atoms with Crippen molar-refractivity contribution in [3.05, 3.63) is 58.6 Å². The van der Waals surface area contributed by atoms with E-state index < -0.39 is 0 Å². The van der Waals surface area contributed by atoms with Crippen molar-refractivity contribution in [2.24, 2.45) is 0 Å². The number of imidazole rings is 1. The smallest absolute Gasteiger partial charge is 0.125 e. The molecule has 1 atom stereocenters. The summed E-state index contributed by atoms with van der Waals surface area (Å²) in [6.45, 7) is 2.15. The van der Waals surface area contributed by atoms with E-state index in [1.54, 1.807) is 12.4 Å². The lowest BCUT2D eigenvalue weighted by atomic mass is 10.1. The second kappa shape index (κ2) is 5.54. The molecule has 0 bridgehead atoms. The first-order valence-electron chi connectivity index (χ1n) is 6.33. The highest BCUT2D eigenvalue weighted by molar-refractivity contribution is 9.10. The normalized spacial score (nSPS) is 12.8. The predicted octanol–water partition coefficient (Wildman–Crippen LogP) is 4.54. The van der Waals surface area contributed by atoms with Crippen LogP contribution in [0.3, 0.4) is 0 Å². The van der Waals surface area contributed by atoms with Gasteiger partial charge in [0.2, 0.25) is 0 Å². The van der Waals surface area contributed by atoms with Gasteiger partial charge < -0.3 is 4.57 Å². The molecule has 102 valence electrons. The first-order chi connectivity index (χ1) is 9.70. The van der Waals surface area contributed by atoms with Crippen LogP contribution in [0.2, 0.25) is 0 Å². The van der Waals surface area contributed by atoms with Crippen LogP contribution in [0.1, 0.15) is 24.4 Å². The van der Waals surface area contributed by atoms with Crippen molar-refractivity contribution in [2.45, 2.75) is 18.8 Å². The van der Waals surface area contributed by atoms with E-state index in [1.807, 2.05) is 24.3 Å². The molecule has 1 aromatic carbocycles. The minimum Gasteiger partial charge on any atom is -0.320 e. The SMILES string of the molecule is CC(c1ccncc1)n1c(CCl)nc2ccc(Br)cc21. The van der Waals surface area contributed by atoms with Gasteiger partial charge in [0.25, 0.3) is 0 Å². The lowest BCUT2D eigenvalue weighted by Crippen LogP contribution is -2.10. The molecule has 0 aliphatic rings. The fourth-order valence-corrected chi connectivity index (χ4v) is 2.97. The molecule has 0 spiro atoms. The summed E-state index contributed by atoms with van der Waals surface area (Å²) in [4.78, 5) is 8.68. The molecule has 0 aliphatic heterocycles. The number of nitrogens with zero attached hydrogens (tertiary/aromatic N) is 3. The van der Waals surface area contributed by atoms with Gasteiger partial charge in [-0.1, -0.05) is 15.9 Å². The number of rotatable bonds is 3. The Morgan fingerprint density at radius 2 is 2.00 bits per heavy atom. The van der Waals surface area contributed by atoms with Gasteiger partial charge in [0.1, 0.15) is 5.82 Å². The standard InChI is InChI=1S/C15H13BrClN3/c1-10(11-4-6-18-7-5-11)20-14-8-12(16)2-3-13(14)19-15(20)9-17/h2-8,10H,9H2,1H3. The van der Waals surface area contributed by atoms with Crippen molar-refractivity contribution < 1.29 is 0 Å². The van der Waals surface area contributed by atoms with Crippen molar-refractivity contribution in [3.8, 4) is 0 Å². The van der Waals surface area contributed by atoms with E-state index in [9.17, 15) is 0 Å². The molecule has 3 rings (SSSR count). The maximum Gasteiger partial charge on any atom is 0.125 e. The number of hydrogen-bond acceptors (Lipinski definition) is 2. The molecule has 0 amide bonds. The Labute approximate surface area is 130 Å². The van der Waals surface area contributed by atoms with Crippen molar-refractivity contribution in [1.82, 2.24) is 14.5 Å². The fourth-order valence-electron chi connectivity index (χ4n) is 2.43. The van der Waals surface area contributed by atoms with Gasteiger partial charge in [-0.25, -0.2) is 4.98 Å². The Hall–Kier alpha value is -1.39. The highest BCUT2D eigenvalue weighted by atomic mass is 79.9. The zero-order chi connectivity index (χ0) is 14.1. The maximum absolute atomic E-state index is 6.07. The summed E-state index contributed by atoms with van der Waals surface area (Å²) < 4.78 is 3.22. The summed E-state index contributed by atoms with van der Waals surface area (Å²) in [6.07, 6.45) is 3.61. The molecule has 3 nitrogen and oxygen atoms in total. The molecule has 20 heavy (non-hydrogen) atoms. The average molecular weight is 351 g/mol. The summed E-state index contributed by atoms with van der Waals surface area (Å²) in [5.41, 5.74) is 3.23. The fraction of sp³-hybridized carbons (Fsp3) is 0.200. The van der Waals surface area contributed by atoms with E-state index in [0.717, 1.165) is 21.3 Å². The van der Waals surface area contributed by atoms with Gasteiger partial charge in [0.15, 0.2) is 0 Å². The van der Waals surface area contributed by atoms with Crippen LogP contribution in [0.15, 0.2) is 47.2 Å². The molecular weight excluding hydrogens is 338 g/mol. The molecule has 0 fully saturated rings. The minimum atomic E-state index is 0.158. The van der Waals surface area contributed by atoms with E-state index in [4.69, 9.17) is 11.6 Å². The number of hydrogen-bond donors (Lipinski definition) is 0. The third-order valence-electron chi connectivity index (χ3n) is 3.42. The van der Waals surface area contributed by atoms with Gasteiger partial charge in [0, 0.05) is 16.9 Å². The molecule has 5 heteroatoms. The van der Waals surface area contributed by atoms with Gasteiger partial charge in [-0.3, -0.25) is 4.98 Å². The summed E-state index contributed by atoms with van der Waals surface area (Å²) in [7, 11) is 0. The Bertz CT molecular complexity index is 739. The zero-order valence-electron chi connectivity index (χ0n) is 10.9. The largest absolute Gasteiger partial charge is 0.320 e. The predicted molar refractivity (Wildman–Crippen MR) is 85.0 cm³/mol. The van der Waals surface area contributed by atoms with Crippen LogP contribution in [0, 0.1) is 0 Å². The Morgan fingerprint density at radius 1 is 1.25 bits per heavy atom. The molecule has 1 unspecified atom stereocenters. The molecule has 2 heterocycles. The minimum absolute atomic E-state index is 0.158. The lowest BCUT2D eigenvalue weighted by Gasteiger charge is -2.17. The highest BCUT2D eigenvalue weighted by Crippen LogP contribution is 2.28. The molecule has 0 aliphatic carbocycles. The van der Waals surface area contributed by atoms with Crippen molar-refractivity contribution >= 4 is 38.6 Å². The van der Waals surface area contributed by atoms with E-state index >= 15 is 0 Å². The highest BCUT2D eigenvalue weighted by Gasteiger charge is 2.16. The Kier molecular flexibility index (Phi) is 3.76. The summed E-state index contributed by atoms with van der Waals surface area (Å²) in [6, 6.07) is 10.3. The Balaban J connectivity index is 2.21. The van der Waals surface area contributed by atoms with Crippen molar-refractivity contribution in [2.75, 3.05) is 0 Å². The van der Waals surface area contributed by atoms with Gasteiger partial charge >= 0.3 is 0 Å². The van der Waals surface area contributed by atoms with Crippen LogP contribution in [-0.2, 0) is 5.88 Å². The van der Waals surface area contributed by atoms with Crippen LogP contribution in [0.5, 0.6) is 0 Å². The van der Waals surface area contributed by atoms with Crippen molar-refractivity contribution in [3.63, 3.8) is 0 Å². The number of benzene rings is 1. The third-order valence-corrected chi connectivity index (χ3v) is 4.15. The molecular formula is C15H13BrClN3. The van der Waals surface area contributed by atoms with E-state index in [2.05, 4.69) is 43.5 Å². The average Bonchev–Trinajstić information content (AvgIpc) is 2.85. The van der Waals surface area contributed by atoms with E-state index in [-0.39, 0.29) is 6.04 Å². The van der Waals surface area contributed by atoms with Crippen LogP contribution in [0.4, 0.5) is 0 Å². The number of aromatic nitrogens is 3. The first-order valence-corrected chi connectivity index (χ1v) is 7.65. The maximum atomic E-state index is 6.07. The van der Waals surface area contributed by atoms with Gasteiger partial charge in [-0.2, -0.15) is 0 Å². The van der Waals surface area contributed by atoms with Crippen molar-refractivity contribution in [1.29, 1.82) is 0 Å². The monoisotopic (exact) mass is 349 g/mol. The summed E-state index contributed by atoms with van der Waals surface area (Å²) >= 11 is 9.59. The zero-order valence-corrected chi connectivity index (χ0v) is 13.3. The summed E-state index contributed by atoms with van der Waals surface area (Å²) in [5, 5.41) is 0. The Morgan fingerprint density at radius 3 is 2.70 bits per heavy atom. The molecule has 3 aromatic rings. The number of fused-ring (bicyclic) bond motifs is 1. The van der Waals surface area contributed by atoms with Crippen LogP contribution < -0.4 is 0 Å². The number of pyridine rings is 1. The van der Waals surface area contributed by atoms with Crippen LogP contribution >= 0.6 is 27.5 Å². The molecule has 2 aromatic heterocycles. The number of alkyl halides is 1. The van der Waals surface area contributed by atoms with Crippen LogP contribution in [-0.4, -0.2) is 14.5 Å². The molecule has 0 N–H and O–H groups in total. The summed E-state index contributed by atoms with van der Waals surface area (Å²) in [5.74, 6) is 1.27. The van der Waals surface area contributed by atoms with Crippen LogP contribution in [0.25, 0.3) is 11.0 Å². The van der Waals surface area contributed by atoms with Gasteiger partial charge in [-0.05, 0) is 42.8 Å². The second-order valence-corrected chi connectivity index (χ2v) is 5.80. The molecule has 0 saturated heterocycles. The third kappa shape index (κ3) is 2.34. The topological polar surface area (TPSA) is 30.7 Å². The van der Waals surface area contributed by atoms with E-state index in [1.165, 1.54) is 5.56 Å².